The Bertz CT molecular complexity index is 588. The number of halogens is 1. The normalized spacial score (nSPS) is 15.2. The van der Waals surface area contributed by atoms with Crippen LogP contribution in [0.5, 0.6) is 5.75 Å². The number of methoxy groups -OCH3 is 1. The SMILES string of the molecule is CCN1C(=O)C(=O)N(Cc2ccc(OC)c(Br)c2)C1=O. The van der Waals surface area contributed by atoms with Crippen molar-refractivity contribution in [2.75, 3.05) is 13.7 Å². The van der Waals surface area contributed by atoms with Gasteiger partial charge in [-0.2, -0.15) is 0 Å². The van der Waals surface area contributed by atoms with E-state index in [0.717, 1.165) is 19.8 Å². The smallest absolute Gasteiger partial charge is 0.334 e. The van der Waals surface area contributed by atoms with Gasteiger partial charge in [-0.15, -0.1) is 0 Å². The fourth-order valence-corrected chi connectivity index (χ4v) is 2.55. The van der Waals surface area contributed by atoms with Gasteiger partial charge in [0.05, 0.1) is 18.1 Å². The second-order valence-corrected chi connectivity index (χ2v) is 5.05. The Labute approximate surface area is 124 Å². The van der Waals surface area contributed by atoms with Crippen LogP contribution in [0.15, 0.2) is 22.7 Å². The van der Waals surface area contributed by atoms with E-state index in [-0.39, 0.29) is 13.1 Å². The Morgan fingerprint density at radius 1 is 1.15 bits per heavy atom. The first kappa shape index (κ1) is 14.5. The number of hydrogen-bond acceptors (Lipinski definition) is 4. The summed E-state index contributed by atoms with van der Waals surface area (Å²) in [7, 11) is 1.55. The second kappa shape index (κ2) is 5.62. The van der Waals surface area contributed by atoms with Gasteiger partial charge in [0, 0.05) is 6.54 Å². The average molecular weight is 341 g/mol. The van der Waals surface area contributed by atoms with Crippen LogP contribution in [0.1, 0.15) is 12.5 Å². The molecule has 0 aromatic heterocycles. The van der Waals surface area contributed by atoms with Crippen molar-refractivity contribution in [1.29, 1.82) is 0 Å². The van der Waals surface area contributed by atoms with Gasteiger partial charge >= 0.3 is 17.8 Å². The van der Waals surface area contributed by atoms with Crippen molar-refractivity contribution in [2.45, 2.75) is 13.5 Å². The number of carbonyl (C=O) groups excluding carboxylic acids is 3. The van der Waals surface area contributed by atoms with Crippen LogP contribution in [0.4, 0.5) is 4.79 Å². The van der Waals surface area contributed by atoms with Crippen LogP contribution >= 0.6 is 15.9 Å². The van der Waals surface area contributed by atoms with Crippen LogP contribution in [0.25, 0.3) is 0 Å². The first-order valence-electron chi connectivity index (χ1n) is 5.99. The molecule has 6 nitrogen and oxygen atoms in total. The topological polar surface area (TPSA) is 66.9 Å². The van der Waals surface area contributed by atoms with Crippen molar-refractivity contribution in [3.05, 3.63) is 28.2 Å². The molecule has 0 N–H and O–H groups in total. The van der Waals surface area contributed by atoms with Crippen LogP contribution in [0.3, 0.4) is 0 Å². The van der Waals surface area contributed by atoms with Crippen molar-refractivity contribution in [3.63, 3.8) is 0 Å². The minimum atomic E-state index is -0.788. The van der Waals surface area contributed by atoms with E-state index >= 15 is 0 Å². The zero-order valence-corrected chi connectivity index (χ0v) is 12.6. The molecule has 1 saturated heterocycles. The molecule has 20 heavy (non-hydrogen) atoms. The summed E-state index contributed by atoms with van der Waals surface area (Å²) in [6, 6.07) is 4.64. The minimum Gasteiger partial charge on any atom is -0.496 e. The third kappa shape index (κ3) is 2.40. The molecule has 0 aliphatic carbocycles. The third-order valence-corrected chi connectivity index (χ3v) is 3.63. The Morgan fingerprint density at radius 3 is 2.30 bits per heavy atom. The van der Waals surface area contributed by atoms with Gasteiger partial charge in [-0.05, 0) is 40.5 Å². The van der Waals surface area contributed by atoms with Gasteiger partial charge in [-0.1, -0.05) is 6.07 Å². The fourth-order valence-electron chi connectivity index (χ4n) is 1.96. The van der Waals surface area contributed by atoms with E-state index in [1.807, 2.05) is 0 Å². The summed E-state index contributed by atoms with van der Waals surface area (Å²) in [5, 5.41) is 0. The van der Waals surface area contributed by atoms with Crippen LogP contribution in [0, 0.1) is 0 Å². The van der Waals surface area contributed by atoms with Crippen LogP contribution in [-0.2, 0) is 16.1 Å². The lowest BCUT2D eigenvalue weighted by atomic mass is 10.2. The maximum Gasteiger partial charge on any atom is 0.334 e. The average Bonchev–Trinajstić information content (AvgIpc) is 2.63. The molecular weight excluding hydrogens is 328 g/mol. The number of benzene rings is 1. The number of urea groups is 1. The highest BCUT2D eigenvalue weighted by Crippen LogP contribution is 2.26. The summed E-state index contributed by atoms with van der Waals surface area (Å²) in [5.74, 6) is -0.909. The van der Waals surface area contributed by atoms with Crippen LogP contribution < -0.4 is 4.74 Å². The predicted octanol–water partition coefficient (Wildman–Crippen LogP) is 1.77. The van der Waals surface area contributed by atoms with Gasteiger partial charge in [-0.25, -0.2) is 4.79 Å². The quantitative estimate of drug-likeness (QED) is 0.618. The Balaban J connectivity index is 2.22. The molecule has 1 aromatic rings. The fraction of sp³-hybridized carbons (Fsp3) is 0.308. The van der Waals surface area contributed by atoms with Gasteiger partial charge < -0.3 is 4.74 Å². The van der Waals surface area contributed by atoms with Gasteiger partial charge in [0.1, 0.15) is 5.75 Å². The minimum absolute atomic E-state index is 0.0580. The summed E-state index contributed by atoms with van der Waals surface area (Å²) in [6.07, 6.45) is 0. The lowest BCUT2D eigenvalue weighted by Gasteiger charge is -2.14. The number of nitrogens with zero attached hydrogens (tertiary/aromatic N) is 2. The van der Waals surface area contributed by atoms with Crippen LogP contribution in [0.2, 0.25) is 0 Å². The summed E-state index contributed by atoms with van der Waals surface area (Å²) >= 11 is 3.33. The highest BCUT2D eigenvalue weighted by Gasteiger charge is 2.43. The van der Waals surface area contributed by atoms with Crippen molar-refractivity contribution < 1.29 is 19.1 Å². The molecule has 0 saturated carbocycles. The van der Waals surface area contributed by atoms with E-state index in [4.69, 9.17) is 4.74 Å². The van der Waals surface area contributed by atoms with E-state index in [0.29, 0.717) is 5.75 Å². The van der Waals surface area contributed by atoms with Gasteiger partial charge in [0.15, 0.2) is 0 Å². The molecule has 106 valence electrons. The molecule has 1 aliphatic heterocycles. The molecule has 1 aromatic carbocycles. The first-order valence-corrected chi connectivity index (χ1v) is 6.78. The number of ether oxygens (including phenoxy) is 1. The first-order chi connectivity index (χ1) is 9.49. The molecule has 7 heteroatoms. The summed E-state index contributed by atoms with van der Waals surface area (Å²) in [5.41, 5.74) is 0.727. The van der Waals surface area contributed by atoms with Gasteiger partial charge in [0.25, 0.3) is 0 Å². The lowest BCUT2D eigenvalue weighted by molar-refractivity contribution is -0.143. The number of likely N-dealkylation sites (N-methyl/N-ethyl adjacent to an activating group) is 1. The number of carbonyl (C=O) groups is 3. The Kier molecular flexibility index (Phi) is 4.08. The summed E-state index contributed by atoms with van der Waals surface area (Å²) in [4.78, 5) is 37.2. The monoisotopic (exact) mass is 340 g/mol. The predicted molar refractivity (Wildman–Crippen MR) is 74.0 cm³/mol. The molecular formula is C13H13BrN2O4. The molecule has 4 amide bonds. The van der Waals surface area contributed by atoms with Gasteiger partial charge in [-0.3, -0.25) is 19.4 Å². The highest BCUT2D eigenvalue weighted by atomic mass is 79.9. The molecule has 0 spiro atoms. The van der Waals surface area contributed by atoms with E-state index in [1.165, 1.54) is 0 Å². The van der Waals surface area contributed by atoms with Crippen molar-refractivity contribution in [1.82, 2.24) is 9.80 Å². The zero-order valence-electron chi connectivity index (χ0n) is 11.1. The summed E-state index contributed by atoms with van der Waals surface area (Å²) in [6.45, 7) is 1.89. The number of hydrogen-bond donors (Lipinski definition) is 0. The molecule has 0 unspecified atom stereocenters. The molecule has 2 rings (SSSR count). The number of rotatable bonds is 4. The number of amides is 4. The van der Waals surface area contributed by atoms with Crippen molar-refractivity contribution >= 4 is 33.8 Å². The van der Waals surface area contributed by atoms with Crippen molar-refractivity contribution in [2.24, 2.45) is 0 Å². The molecule has 1 fully saturated rings. The van der Waals surface area contributed by atoms with Crippen LogP contribution in [-0.4, -0.2) is 41.3 Å². The number of imide groups is 2. The van der Waals surface area contributed by atoms with E-state index in [9.17, 15) is 14.4 Å². The molecule has 0 atom stereocenters. The largest absolute Gasteiger partial charge is 0.496 e. The van der Waals surface area contributed by atoms with E-state index in [2.05, 4.69) is 15.9 Å². The van der Waals surface area contributed by atoms with E-state index in [1.54, 1.807) is 32.2 Å². The Hall–Kier alpha value is -1.89. The maximum absolute atomic E-state index is 11.9. The summed E-state index contributed by atoms with van der Waals surface area (Å²) < 4.78 is 5.82. The van der Waals surface area contributed by atoms with Gasteiger partial charge in [0.2, 0.25) is 0 Å². The second-order valence-electron chi connectivity index (χ2n) is 4.19. The zero-order chi connectivity index (χ0) is 14.9. The standard InChI is InChI=1S/C13H13BrN2O4/c1-3-15-11(17)12(18)16(13(15)19)7-8-4-5-10(20-2)9(14)6-8/h4-6H,3,7H2,1-2H3. The highest BCUT2D eigenvalue weighted by molar-refractivity contribution is 9.10. The third-order valence-electron chi connectivity index (χ3n) is 3.01. The van der Waals surface area contributed by atoms with E-state index < -0.39 is 17.8 Å². The van der Waals surface area contributed by atoms with Crippen molar-refractivity contribution in [3.8, 4) is 5.75 Å². The molecule has 0 radical (unpaired) electrons. The molecule has 1 heterocycles. The lowest BCUT2D eigenvalue weighted by Crippen LogP contribution is -2.32. The molecule has 1 aliphatic rings. The maximum atomic E-state index is 11.9. The Morgan fingerprint density at radius 2 is 1.80 bits per heavy atom. The molecule has 0 bridgehead atoms.